The summed E-state index contributed by atoms with van der Waals surface area (Å²) in [6.07, 6.45) is 1.84. The number of benzene rings is 1. The molecular formula is C16H22N2O. The number of aryl methyl sites for hydroxylation is 1. The average Bonchev–Trinajstić information content (AvgIpc) is 2.44. The van der Waals surface area contributed by atoms with Crippen LogP contribution in [0.1, 0.15) is 31.5 Å². The van der Waals surface area contributed by atoms with Crippen LogP contribution >= 0.6 is 0 Å². The molecule has 0 aliphatic rings. The number of para-hydroxylation sites is 1. The number of aliphatic hydroxyl groups excluding tert-OH is 1. The zero-order chi connectivity index (χ0) is 13.8. The van der Waals surface area contributed by atoms with Gasteiger partial charge in [-0.1, -0.05) is 32.0 Å². The van der Waals surface area contributed by atoms with Crippen molar-refractivity contribution in [3.05, 3.63) is 35.5 Å². The fourth-order valence-electron chi connectivity index (χ4n) is 2.45. The van der Waals surface area contributed by atoms with Crippen LogP contribution in [0.3, 0.4) is 0 Å². The van der Waals surface area contributed by atoms with Gasteiger partial charge < -0.3 is 10.4 Å². The van der Waals surface area contributed by atoms with Gasteiger partial charge in [-0.25, -0.2) is 0 Å². The van der Waals surface area contributed by atoms with Gasteiger partial charge in [-0.15, -0.1) is 0 Å². The van der Waals surface area contributed by atoms with Crippen molar-refractivity contribution in [3.8, 4) is 0 Å². The van der Waals surface area contributed by atoms with E-state index in [0.717, 1.165) is 35.1 Å². The molecule has 2 aromatic rings. The molecule has 1 heterocycles. The van der Waals surface area contributed by atoms with Crippen LogP contribution in [0.2, 0.25) is 0 Å². The maximum absolute atomic E-state index is 9.41. The number of rotatable bonds is 5. The molecule has 0 aliphatic carbocycles. The Balaban J connectivity index is 2.60. The maximum Gasteiger partial charge on any atom is 0.0726 e. The molecule has 3 heteroatoms. The highest BCUT2D eigenvalue weighted by Crippen LogP contribution is 2.29. The molecule has 1 atom stereocenters. The van der Waals surface area contributed by atoms with E-state index in [2.05, 4.69) is 37.1 Å². The van der Waals surface area contributed by atoms with Gasteiger partial charge >= 0.3 is 0 Å². The Morgan fingerprint density at radius 1 is 1.26 bits per heavy atom. The molecule has 0 spiro atoms. The standard InChI is InChI=1S/C16H22N2O/c1-4-12(10-19)18-16-13(5-2)11(3)17-15-9-7-6-8-14(15)16/h6-9,12,19H,4-5,10H2,1-3H3,(H,17,18)/t12-/m1/s1. The summed E-state index contributed by atoms with van der Waals surface area (Å²) >= 11 is 0. The number of nitrogens with one attached hydrogen (secondary N) is 1. The van der Waals surface area contributed by atoms with E-state index in [-0.39, 0.29) is 12.6 Å². The van der Waals surface area contributed by atoms with Crippen LogP contribution in [0.4, 0.5) is 5.69 Å². The predicted molar refractivity (Wildman–Crippen MR) is 80.6 cm³/mol. The molecule has 0 bridgehead atoms. The van der Waals surface area contributed by atoms with Crippen LogP contribution in [-0.2, 0) is 6.42 Å². The molecule has 0 amide bonds. The largest absolute Gasteiger partial charge is 0.394 e. The Hall–Kier alpha value is -1.61. The first-order chi connectivity index (χ1) is 9.21. The summed E-state index contributed by atoms with van der Waals surface area (Å²) in [5, 5.41) is 14.0. The summed E-state index contributed by atoms with van der Waals surface area (Å²) < 4.78 is 0. The Morgan fingerprint density at radius 2 is 2.00 bits per heavy atom. The first-order valence-corrected chi connectivity index (χ1v) is 6.96. The van der Waals surface area contributed by atoms with Crippen LogP contribution in [0.5, 0.6) is 0 Å². The highest BCUT2D eigenvalue weighted by Gasteiger charge is 2.14. The second-order valence-corrected chi connectivity index (χ2v) is 4.85. The number of fused-ring (bicyclic) bond motifs is 1. The van der Waals surface area contributed by atoms with Crippen LogP contribution in [0.25, 0.3) is 10.9 Å². The molecule has 2 rings (SSSR count). The van der Waals surface area contributed by atoms with Gasteiger partial charge in [0.15, 0.2) is 0 Å². The van der Waals surface area contributed by atoms with Gasteiger partial charge in [-0.2, -0.15) is 0 Å². The molecule has 0 radical (unpaired) electrons. The zero-order valence-electron chi connectivity index (χ0n) is 11.9. The van der Waals surface area contributed by atoms with Crippen LogP contribution < -0.4 is 5.32 Å². The van der Waals surface area contributed by atoms with Gasteiger partial charge in [-0.05, 0) is 31.4 Å². The van der Waals surface area contributed by atoms with E-state index in [4.69, 9.17) is 0 Å². The average molecular weight is 258 g/mol. The zero-order valence-corrected chi connectivity index (χ0v) is 11.9. The first kappa shape index (κ1) is 13.8. The Morgan fingerprint density at radius 3 is 2.63 bits per heavy atom. The lowest BCUT2D eigenvalue weighted by atomic mass is 10.0. The number of aliphatic hydroxyl groups is 1. The molecule has 1 aromatic carbocycles. The fourth-order valence-corrected chi connectivity index (χ4v) is 2.45. The molecule has 1 aromatic heterocycles. The van der Waals surface area contributed by atoms with Crippen LogP contribution in [-0.4, -0.2) is 22.7 Å². The van der Waals surface area contributed by atoms with Gasteiger partial charge in [0.2, 0.25) is 0 Å². The topological polar surface area (TPSA) is 45.2 Å². The molecule has 3 nitrogen and oxygen atoms in total. The van der Waals surface area contributed by atoms with Gasteiger partial charge in [0.1, 0.15) is 0 Å². The lowest BCUT2D eigenvalue weighted by Crippen LogP contribution is -2.23. The van der Waals surface area contributed by atoms with E-state index in [1.54, 1.807) is 0 Å². The summed E-state index contributed by atoms with van der Waals surface area (Å²) in [5.74, 6) is 0. The minimum absolute atomic E-state index is 0.0931. The molecule has 0 unspecified atom stereocenters. The number of anilines is 1. The number of hydrogen-bond acceptors (Lipinski definition) is 3. The van der Waals surface area contributed by atoms with Crippen molar-refractivity contribution in [1.29, 1.82) is 0 Å². The maximum atomic E-state index is 9.41. The van der Waals surface area contributed by atoms with Crippen molar-refractivity contribution >= 4 is 16.6 Å². The van der Waals surface area contributed by atoms with Gasteiger partial charge in [0.25, 0.3) is 0 Å². The minimum atomic E-state index is 0.0931. The monoisotopic (exact) mass is 258 g/mol. The van der Waals surface area contributed by atoms with E-state index in [1.807, 2.05) is 18.2 Å². The second kappa shape index (κ2) is 6.02. The van der Waals surface area contributed by atoms with Crippen molar-refractivity contribution in [3.63, 3.8) is 0 Å². The van der Waals surface area contributed by atoms with Gasteiger partial charge in [0.05, 0.1) is 12.1 Å². The second-order valence-electron chi connectivity index (χ2n) is 4.85. The summed E-state index contributed by atoms with van der Waals surface area (Å²) in [6.45, 7) is 6.42. The third kappa shape index (κ3) is 2.71. The highest BCUT2D eigenvalue weighted by atomic mass is 16.3. The van der Waals surface area contributed by atoms with Gasteiger partial charge in [0, 0.05) is 22.8 Å². The van der Waals surface area contributed by atoms with Crippen molar-refractivity contribution in [2.24, 2.45) is 0 Å². The van der Waals surface area contributed by atoms with Crippen LogP contribution in [0.15, 0.2) is 24.3 Å². The van der Waals surface area contributed by atoms with Crippen molar-refractivity contribution in [1.82, 2.24) is 4.98 Å². The first-order valence-electron chi connectivity index (χ1n) is 6.96. The number of nitrogens with zero attached hydrogens (tertiary/aromatic N) is 1. The molecule has 19 heavy (non-hydrogen) atoms. The third-order valence-corrected chi connectivity index (χ3v) is 3.62. The highest BCUT2D eigenvalue weighted by molar-refractivity contribution is 5.93. The lowest BCUT2D eigenvalue weighted by molar-refractivity contribution is 0.272. The summed E-state index contributed by atoms with van der Waals surface area (Å²) in [7, 11) is 0. The van der Waals surface area contributed by atoms with E-state index in [0.29, 0.717) is 0 Å². The third-order valence-electron chi connectivity index (χ3n) is 3.62. The smallest absolute Gasteiger partial charge is 0.0726 e. The minimum Gasteiger partial charge on any atom is -0.394 e. The molecule has 0 saturated heterocycles. The normalized spacial score (nSPS) is 12.6. The molecule has 0 saturated carbocycles. The molecule has 102 valence electrons. The Kier molecular flexibility index (Phi) is 4.38. The molecule has 0 aliphatic heterocycles. The molecule has 2 N–H and O–H groups in total. The number of pyridine rings is 1. The van der Waals surface area contributed by atoms with Crippen LogP contribution in [0, 0.1) is 6.92 Å². The lowest BCUT2D eigenvalue weighted by Gasteiger charge is -2.21. The molecule has 0 fully saturated rings. The Labute approximate surface area is 114 Å². The van der Waals surface area contributed by atoms with Crippen molar-refractivity contribution in [2.45, 2.75) is 39.7 Å². The quantitative estimate of drug-likeness (QED) is 0.865. The predicted octanol–water partition coefficient (Wildman–Crippen LogP) is 3.29. The van der Waals surface area contributed by atoms with E-state index < -0.39 is 0 Å². The number of aromatic nitrogens is 1. The summed E-state index contributed by atoms with van der Waals surface area (Å²) in [5.41, 5.74) is 4.45. The van der Waals surface area contributed by atoms with Gasteiger partial charge in [-0.3, -0.25) is 4.98 Å². The fraction of sp³-hybridized carbons (Fsp3) is 0.438. The van der Waals surface area contributed by atoms with E-state index >= 15 is 0 Å². The Bertz CT molecular complexity index is 562. The number of hydrogen-bond donors (Lipinski definition) is 2. The van der Waals surface area contributed by atoms with E-state index in [9.17, 15) is 5.11 Å². The molecular weight excluding hydrogens is 236 g/mol. The van der Waals surface area contributed by atoms with E-state index in [1.165, 1.54) is 5.56 Å². The van der Waals surface area contributed by atoms with Crippen molar-refractivity contribution in [2.75, 3.05) is 11.9 Å². The summed E-state index contributed by atoms with van der Waals surface area (Å²) in [4.78, 5) is 4.66. The summed E-state index contributed by atoms with van der Waals surface area (Å²) in [6, 6.07) is 8.26. The van der Waals surface area contributed by atoms with Crippen molar-refractivity contribution < 1.29 is 5.11 Å². The SMILES string of the molecule is CCc1c(C)nc2ccccc2c1N[C@H](CC)CO.